The second-order valence-corrected chi connectivity index (χ2v) is 9.07. The second kappa shape index (κ2) is 6.56. The van der Waals surface area contributed by atoms with Gasteiger partial charge in [-0.2, -0.15) is 0 Å². The summed E-state index contributed by atoms with van der Waals surface area (Å²) in [7, 11) is -3.35. The van der Waals surface area contributed by atoms with Crippen LogP contribution in [0.2, 0.25) is 0 Å². The van der Waals surface area contributed by atoms with E-state index < -0.39 is 10.0 Å². The zero-order valence-corrected chi connectivity index (χ0v) is 14.0. The normalized spacial score (nSPS) is 17.6. The molecule has 0 aromatic carbocycles. The Kier molecular flexibility index (Phi) is 5.23. The third kappa shape index (κ3) is 4.84. The summed E-state index contributed by atoms with van der Waals surface area (Å²) in [5, 5.41) is 3.30. The average molecular weight is 316 g/mol. The fraction of sp³-hybridized carbons (Fsp3) is 0.714. The van der Waals surface area contributed by atoms with Gasteiger partial charge in [0.25, 0.3) is 0 Å². The summed E-state index contributed by atoms with van der Waals surface area (Å²) in [5.41, 5.74) is 0. The first kappa shape index (κ1) is 15.9. The van der Waals surface area contributed by atoms with Crippen LogP contribution in [0.4, 0.5) is 0 Å². The first-order chi connectivity index (χ1) is 9.37. The van der Waals surface area contributed by atoms with E-state index in [1.807, 2.05) is 13.0 Å². The van der Waals surface area contributed by atoms with Crippen molar-refractivity contribution in [2.75, 3.05) is 0 Å². The van der Waals surface area contributed by atoms with Crippen molar-refractivity contribution >= 4 is 21.4 Å². The fourth-order valence-electron chi connectivity index (χ4n) is 2.13. The van der Waals surface area contributed by atoms with Crippen molar-refractivity contribution in [3.05, 3.63) is 17.0 Å². The monoisotopic (exact) mass is 316 g/mol. The highest BCUT2D eigenvalue weighted by atomic mass is 32.2. The third-order valence-corrected chi connectivity index (χ3v) is 6.49. The van der Waals surface area contributed by atoms with E-state index in [9.17, 15) is 8.42 Å². The molecule has 0 saturated heterocycles. The molecule has 1 atom stereocenters. The van der Waals surface area contributed by atoms with Gasteiger partial charge in [0, 0.05) is 23.5 Å². The number of nitrogens with one attached hydrogen (secondary N) is 2. The van der Waals surface area contributed by atoms with Gasteiger partial charge in [-0.1, -0.05) is 26.7 Å². The van der Waals surface area contributed by atoms with Gasteiger partial charge in [0.15, 0.2) is 0 Å². The van der Waals surface area contributed by atoms with Crippen molar-refractivity contribution in [2.45, 2.75) is 62.9 Å². The number of hydrogen-bond donors (Lipinski definition) is 2. The van der Waals surface area contributed by atoms with Gasteiger partial charge in [-0.05, 0) is 31.4 Å². The van der Waals surface area contributed by atoms with Gasteiger partial charge in [0.1, 0.15) is 4.21 Å². The Balaban J connectivity index is 1.94. The molecule has 0 spiro atoms. The van der Waals surface area contributed by atoms with Crippen LogP contribution >= 0.6 is 11.3 Å². The van der Waals surface area contributed by atoms with Gasteiger partial charge in [-0.25, -0.2) is 13.1 Å². The van der Waals surface area contributed by atoms with Crippen LogP contribution in [0.1, 0.15) is 44.9 Å². The lowest BCUT2D eigenvalue weighted by Gasteiger charge is -2.12. The Morgan fingerprint density at radius 2 is 2.00 bits per heavy atom. The molecule has 2 rings (SSSR count). The van der Waals surface area contributed by atoms with Crippen molar-refractivity contribution in [3.63, 3.8) is 0 Å². The fourth-order valence-corrected chi connectivity index (χ4v) is 4.71. The van der Waals surface area contributed by atoms with Crippen LogP contribution in [0.5, 0.6) is 0 Å². The molecule has 0 bridgehead atoms. The maximum absolute atomic E-state index is 12.3. The Hall–Kier alpha value is -0.430. The van der Waals surface area contributed by atoms with Gasteiger partial charge in [0.2, 0.25) is 10.0 Å². The molecule has 4 nitrogen and oxygen atoms in total. The molecule has 6 heteroatoms. The van der Waals surface area contributed by atoms with Crippen molar-refractivity contribution in [1.82, 2.24) is 10.0 Å². The van der Waals surface area contributed by atoms with Gasteiger partial charge in [-0.3, -0.25) is 0 Å². The summed E-state index contributed by atoms with van der Waals surface area (Å²) in [6.45, 7) is 6.82. The Labute approximate surface area is 126 Å². The van der Waals surface area contributed by atoms with Crippen LogP contribution in [0.3, 0.4) is 0 Å². The van der Waals surface area contributed by atoms with E-state index in [0.717, 1.165) is 23.8 Å². The Morgan fingerprint density at radius 3 is 2.60 bits per heavy atom. The van der Waals surface area contributed by atoms with Crippen LogP contribution < -0.4 is 10.0 Å². The molecule has 2 N–H and O–H groups in total. The summed E-state index contributed by atoms with van der Waals surface area (Å²) >= 11 is 1.35. The molecule has 1 aromatic rings. The highest BCUT2D eigenvalue weighted by molar-refractivity contribution is 7.91. The van der Waals surface area contributed by atoms with E-state index in [1.54, 1.807) is 6.07 Å². The van der Waals surface area contributed by atoms with Crippen LogP contribution in [0, 0.1) is 5.92 Å². The third-order valence-electron chi connectivity index (χ3n) is 3.33. The summed E-state index contributed by atoms with van der Waals surface area (Å²) < 4.78 is 27.8. The van der Waals surface area contributed by atoms with E-state index in [0.29, 0.717) is 10.3 Å². The summed E-state index contributed by atoms with van der Waals surface area (Å²) in [4.78, 5) is 1.05. The van der Waals surface area contributed by atoms with E-state index in [1.165, 1.54) is 24.2 Å². The van der Waals surface area contributed by atoms with Crippen LogP contribution in [0.15, 0.2) is 16.3 Å². The SMILES string of the molecule is CC(C)NCc1ccc(S(=O)(=O)NC(C)CC2CC2)s1. The summed E-state index contributed by atoms with van der Waals surface area (Å²) in [6.07, 6.45) is 3.44. The average Bonchev–Trinajstić information content (AvgIpc) is 3.00. The number of sulfonamides is 1. The van der Waals surface area contributed by atoms with Crippen molar-refractivity contribution in [1.29, 1.82) is 0 Å². The largest absolute Gasteiger partial charge is 0.310 e. The molecule has 0 radical (unpaired) electrons. The molecular formula is C14H24N2O2S2. The van der Waals surface area contributed by atoms with E-state index in [4.69, 9.17) is 0 Å². The van der Waals surface area contributed by atoms with Crippen molar-refractivity contribution in [3.8, 4) is 0 Å². The molecule has 0 amide bonds. The minimum atomic E-state index is -3.35. The second-order valence-electron chi connectivity index (χ2n) is 5.96. The van der Waals surface area contributed by atoms with Crippen molar-refractivity contribution in [2.24, 2.45) is 5.92 Å². The highest BCUT2D eigenvalue weighted by Gasteiger charge is 2.26. The minimum Gasteiger partial charge on any atom is -0.310 e. The molecule has 1 aliphatic rings. The standard InChI is InChI=1S/C14H24N2O2S2/c1-10(2)15-9-13-6-7-14(19-13)20(17,18)16-11(3)8-12-4-5-12/h6-7,10-12,15-16H,4-5,8-9H2,1-3H3. The zero-order valence-electron chi connectivity index (χ0n) is 12.3. The van der Waals surface area contributed by atoms with Gasteiger partial charge in [-0.15, -0.1) is 11.3 Å². The molecule has 1 saturated carbocycles. The molecular weight excluding hydrogens is 292 g/mol. The van der Waals surface area contributed by atoms with Crippen molar-refractivity contribution < 1.29 is 8.42 Å². The predicted octanol–water partition coefficient (Wildman–Crippen LogP) is 2.71. The van der Waals surface area contributed by atoms with Crippen LogP contribution in [0.25, 0.3) is 0 Å². The predicted molar refractivity (Wildman–Crippen MR) is 83.4 cm³/mol. The molecule has 1 heterocycles. The van der Waals surface area contributed by atoms with Gasteiger partial charge in [0.05, 0.1) is 0 Å². The lowest BCUT2D eigenvalue weighted by molar-refractivity contribution is 0.531. The molecule has 1 aromatic heterocycles. The maximum atomic E-state index is 12.3. The van der Waals surface area contributed by atoms with E-state index in [2.05, 4.69) is 23.9 Å². The van der Waals surface area contributed by atoms with Gasteiger partial charge >= 0.3 is 0 Å². The van der Waals surface area contributed by atoms with Crippen LogP contribution in [-0.4, -0.2) is 20.5 Å². The minimum absolute atomic E-state index is 0.0202. The topological polar surface area (TPSA) is 58.2 Å². The van der Waals surface area contributed by atoms with E-state index in [-0.39, 0.29) is 6.04 Å². The maximum Gasteiger partial charge on any atom is 0.250 e. The zero-order chi connectivity index (χ0) is 14.8. The summed E-state index contributed by atoms with van der Waals surface area (Å²) in [6, 6.07) is 4.01. The molecule has 1 unspecified atom stereocenters. The van der Waals surface area contributed by atoms with E-state index >= 15 is 0 Å². The first-order valence-electron chi connectivity index (χ1n) is 7.21. The molecule has 1 fully saturated rings. The quantitative estimate of drug-likeness (QED) is 0.775. The summed E-state index contributed by atoms with van der Waals surface area (Å²) in [5.74, 6) is 0.724. The first-order valence-corrected chi connectivity index (χ1v) is 9.51. The van der Waals surface area contributed by atoms with Gasteiger partial charge < -0.3 is 5.32 Å². The Morgan fingerprint density at radius 1 is 1.30 bits per heavy atom. The number of thiophene rings is 1. The molecule has 0 aliphatic heterocycles. The number of hydrogen-bond acceptors (Lipinski definition) is 4. The highest BCUT2D eigenvalue weighted by Crippen LogP contribution is 2.33. The Bertz CT molecular complexity index is 533. The smallest absolute Gasteiger partial charge is 0.250 e. The lowest BCUT2D eigenvalue weighted by atomic mass is 10.2. The molecule has 20 heavy (non-hydrogen) atoms. The number of rotatable bonds is 8. The molecule has 114 valence electrons. The lowest BCUT2D eigenvalue weighted by Crippen LogP contribution is -2.32. The molecule has 1 aliphatic carbocycles. The van der Waals surface area contributed by atoms with Crippen LogP contribution in [-0.2, 0) is 16.6 Å².